The summed E-state index contributed by atoms with van der Waals surface area (Å²) in [7, 11) is 0. The van der Waals surface area contributed by atoms with Gasteiger partial charge in [0.05, 0.1) is 11.0 Å². The second-order valence-corrected chi connectivity index (χ2v) is 5.58. The fourth-order valence-electron chi connectivity index (χ4n) is 2.01. The van der Waals surface area contributed by atoms with E-state index in [2.05, 4.69) is 15.9 Å². The van der Waals surface area contributed by atoms with Crippen LogP contribution in [-0.2, 0) is 5.33 Å². The highest BCUT2D eigenvalue weighted by molar-refractivity contribution is 9.08. The molecule has 0 saturated carbocycles. The quantitative estimate of drug-likeness (QED) is 0.402. The third-order valence-corrected chi connectivity index (χ3v) is 4.03. The van der Waals surface area contributed by atoms with E-state index < -0.39 is 4.92 Å². The second kappa shape index (κ2) is 6.45. The lowest BCUT2D eigenvalue weighted by atomic mass is 10.1. The number of halogens is 2. The van der Waals surface area contributed by atoms with E-state index in [1.807, 2.05) is 6.92 Å². The Morgan fingerprint density at radius 1 is 1.24 bits per heavy atom. The monoisotopic (exact) mass is 369 g/mol. The maximum Gasteiger partial charge on any atom is 0.276 e. The molecule has 0 amide bonds. The molecule has 0 spiro atoms. The molecule has 0 atom stereocenters. The van der Waals surface area contributed by atoms with Gasteiger partial charge in [-0.05, 0) is 37.6 Å². The molecular weight excluding hydrogens is 358 g/mol. The molecule has 0 radical (unpaired) electrons. The molecule has 0 unspecified atom stereocenters. The Morgan fingerprint density at radius 3 is 2.57 bits per heavy atom. The van der Waals surface area contributed by atoms with Crippen LogP contribution in [0.3, 0.4) is 0 Å². The summed E-state index contributed by atoms with van der Waals surface area (Å²) in [5.41, 5.74) is 2.29. The Kier molecular flexibility index (Phi) is 4.85. The normalized spacial score (nSPS) is 10.5. The molecule has 4 nitrogen and oxygen atoms in total. The van der Waals surface area contributed by atoms with Crippen LogP contribution in [0.2, 0.25) is 5.02 Å². The van der Waals surface area contributed by atoms with Gasteiger partial charge in [0.15, 0.2) is 0 Å². The van der Waals surface area contributed by atoms with Gasteiger partial charge in [0.1, 0.15) is 11.5 Å². The summed E-state index contributed by atoms with van der Waals surface area (Å²) >= 11 is 9.49. The van der Waals surface area contributed by atoms with E-state index in [-0.39, 0.29) is 5.69 Å². The molecule has 0 heterocycles. The van der Waals surface area contributed by atoms with Gasteiger partial charge in [-0.1, -0.05) is 33.6 Å². The lowest BCUT2D eigenvalue weighted by molar-refractivity contribution is -0.385. The van der Waals surface area contributed by atoms with Crippen molar-refractivity contribution in [2.24, 2.45) is 0 Å². The summed E-state index contributed by atoms with van der Waals surface area (Å²) in [5, 5.41) is 12.2. The summed E-state index contributed by atoms with van der Waals surface area (Å²) in [6.07, 6.45) is 0. The average Bonchev–Trinajstić information content (AvgIpc) is 2.41. The smallest absolute Gasteiger partial charge is 0.276 e. The maximum absolute atomic E-state index is 11.0. The van der Waals surface area contributed by atoms with Crippen LogP contribution in [0.4, 0.5) is 5.69 Å². The highest BCUT2D eigenvalue weighted by Gasteiger charge is 2.16. The average molecular weight is 371 g/mol. The Bertz CT molecular complexity index is 704. The van der Waals surface area contributed by atoms with Gasteiger partial charge in [0.25, 0.3) is 5.69 Å². The number of nitro groups is 1. The van der Waals surface area contributed by atoms with Crippen LogP contribution in [0.15, 0.2) is 30.3 Å². The fraction of sp³-hybridized carbons (Fsp3) is 0.200. The summed E-state index contributed by atoms with van der Waals surface area (Å²) in [5.74, 6) is 1.04. The van der Waals surface area contributed by atoms with E-state index >= 15 is 0 Å². The van der Waals surface area contributed by atoms with E-state index in [1.54, 1.807) is 31.2 Å². The molecule has 0 fully saturated rings. The number of hydrogen-bond donors (Lipinski definition) is 0. The highest BCUT2D eigenvalue weighted by Crippen LogP contribution is 2.35. The van der Waals surface area contributed by atoms with Crippen molar-refractivity contribution in [1.82, 2.24) is 0 Å². The molecule has 0 aromatic heterocycles. The fourth-order valence-corrected chi connectivity index (χ4v) is 2.98. The molecular formula is C15H13BrClNO3. The molecule has 0 aliphatic rings. The SMILES string of the molecule is Cc1cc(C)c([N+](=O)[O-])cc1Oc1cccc(Cl)c1CBr. The van der Waals surface area contributed by atoms with E-state index in [4.69, 9.17) is 16.3 Å². The van der Waals surface area contributed by atoms with Crippen molar-refractivity contribution in [1.29, 1.82) is 0 Å². The van der Waals surface area contributed by atoms with Crippen LogP contribution in [0.5, 0.6) is 11.5 Å². The Balaban J connectivity index is 2.47. The van der Waals surface area contributed by atoms with Crippen LogP contribution in [0.25, 0.3) is 0 Å². The number of benzene rings is 2. The minimum atomic E-state index is -0.412. The zero-order chi connectivity index (χ0) is 15.6. The topological polar surface area (TPSA) is 52.4 Å². The van der Waals surface area contributed by atoms with Crippen molar-refractivity contribution in [3.05, 3.63) is 62.2 Å². The predicted molar refractivity (Wildman–Crippen MR) is 86.7 cm³/mol. The lowest BCUT2D eigenvalue weighted by Crippen LogP contribution is -1.97. The van der Waals surface area contributed by atoms with E-state index in [1.165, 1.54) is 6.07 Å². The Labute approximate surface area is 136 Å². The van der Waals surface area contributed by atoms with Crippen LogP contribution < -0.4 is 4.74 Å². The summed E-state index contributed by atoms with van der Waals surface area (Å²) in [4.78, 5) is 10.6. The van der Waals surface area contributed by atoms with Crippen LogP contribution in [0, 0.1) is 24.0 Å². The number of nitrogens with zero attached hydrogens (tertiary/aromatic N) is 1. The third kappa shape index (κ3) is 3.36. The van der Waals surface area contributed by atoms with Gasteiger partial charge in [0.2, 0.25) is 0 Å². The molecule has 0 aliphatic carbocycles. The first-order valence-electron chi connectivity index (χ1n) is 6.21. The zero-order valence-electron chi connectivity index (χ0n) is 11.5. The number of alkyl halides is 1. The summed E-state index contributed by atoms with van der Waals surface area (Å²) in [6.45, 7) is 3.56. The zero-order valence-corrected chi connectivity index (χ0v) is 13.9. The standard InChI is InChI=1S/C15H13BrClNO3/c1-9-6-10(2)15(7-13(9)18(19)20)21-14-5-3-4-12(17)11(14)8-16/h3-7H,8H2,1-2H3. The third-order valence-electron chi connectivity index (χ3n) is 3.12. The Hall–Kier alpha value is -1.59. The molecule has 2 aromatic rings. The van der Waals surface area contributed by atoms with Crippen molar-refractivity contribution in [3.8, 4) is 11.5 Å². The van der Waals surface area contributed by atoms with Crippen LogP contribution in [-0.4, -0.2) is 4.92 Å². The van der Waals surface area contributed by atoms with Gasteiger partial charge < -0.3 is 4.74 Å². The maximum atomic E-state index is 11.0. The Morgan fingerprint density at radius 2 is 1.95 bits per heavy atom. The molecule has 6 heteroatoms. The highest BCUT2D eigenvalue weighted by atomic mass is 79.9. The second-order valence-electron chi connectivity index (χ2n) is 4.61. The summed E-state index contributed by atoms with van der Waals surface area (Å²) < 4.78 is 5.84. The van der Waals surface area contributed by atoms with Gasteiger partial charge in [-0.25, -0.2) is 0 Å². The van der Waals surface area contributed by atoms with Crippen LogP contribution in [0.1, 0.15) is 16.7 Å². The van der Waals surface area contributed by atoms with Gasteiger partial charge in [-0.2, -0.15) is 0 Å². The molecule has 110 valence electrons. The van der Waals surface area contributed by atoms with Crippen molar-refractivity contribution in [2.45, 2.75) is 19.2 Å². The molecule has 0 aliphatic heterocycles. The minimum absolute atomic E-state index is 0.0398. The van der Waals surface area contributed by atoms with Crippen molar-refractivity contribution in [2.75, 3.05) is 0 Å². The van der Waals surface area contributed by atoms with Gasteiger partial charge in [-0.15, -0.1) is 0 Å². The number of rotatable bonds is 4. The van der Waals surface area contributed by atoms with Crippen molar-refractivity contribution < 1.29 is 9.66 Å². The largest absolute Gasteiger partial charge is 0.456 e. The van der Waals surface area contributed by atoms with Gasteiger partial charge >= 0.3 is 0 Å². The van der Waals surface area contributed by atoms with E-state index in [0.717, 1.165) is 11.1 Å². The van der Waals surface area contributed by atoms with Crippen molar-refractivity contribution in [3.63, 3.8) is 0 Å². The number of aryl methyl sites for hydroxylation is 2. The first-order valence-corrected chi connectivity index (χ1v) is 7.70. The van der Waals surface area contributed by atoms with E-state index in [0.29, 0.717) is 27.4 Å². The summed E-state index contributed by atoms with van der Waals surface area (Å²) in [6, 6.07) is 8.53. The molecule has 2 aromatic carbocycles. The number of ether oxygens (including phenoxy) is 1. The lowest BCUT2D eigenvalue weighted by Gasteiger charge is -2.13. The minimum Gasteiger partial charge on any atom is -0.456 e. The van der Waals surface area contributed by atoms with Crippen LogP contribution >= 0.6 is 27.5 Å². The van der Waals surface area contributed by atoms with Crippen molar-refractivity contribution >= 4 is 33.2 Å². The van der Waals surface area contributed by atoms with Gasteiger partial charge in [-0.3, -0.25) is 10.1 Å². The van der Waals surface area contributed by atoms with Gasteiger partial charge in [0, 0.05) is 21.5 Å². The van der Waals surface area contributed by atoms with E-state index in [9.17, 15) is 10.1 Å². The number of hydrogen-bond acceptors (Lipinski definition) is 3. The molecule has 0 N–H and O–H groups in total. The molecule has 0 bridgehead atoms. The molecule has 21 heavy (non-hydrogen) atoms. The molecule has 0 saturated heterocycles. The first-order chi connectivity index (χ1) is 9.93. The molecule has 2 rings (SSSR count). The first kappa shape index (κ1) is 15.8. The number of nitro benzene ring substituents is 1. The predicted octanol–water partition coefficient (Wildman–Crippen LogP) is 5.55.